The molecule has 1 saturated carbocycles. The van der Waals surface area contributed by atoms with Crippen molar-refractivity contribution >= 4 is 17.6 Å². The maximum absolute atomic E-state index is 12.1. The predicted molar refractivity (Wildman–Crippen MR) is 67.3 cm³/mol. The summed E-state index contributed by atoms with van der Waals surface area (Å²) in [5.41, 5.74) is 0. The van der Waals surface area contributed by atoms with Crippen LogP contribution >= 0.6 is 0 Å². The summed E-state index contributed by atoms with van der Waals surface area (Å²) < 4.78 is 4.89. The first-order chi connectivity index (χ1) is 9.13. The molecule has 2 aliphatic rings. The van der Waals surface area contributed by atoms with Gasteiger partial charge in [0.1, 0.15) is 5.76 Å². The van der Waals surface area contributed by atoms with Crippen molar-refractivity contribution in [3.63, 3.8) is 0 Å². The molecular formula is C13H17N3O3. The van der Waals surface area contributed by atoms with E-state index in [1.165, 1.54) is 6.42 Å². The smallest absolute Gasteiger partial charge is 0.231 e. The van der Waals surface area contributed by atoms with Crippen molar-refractivity contribution in [3.8, 4) is 0 Å². The van der Waals surface area contributed by atoms with Gasteiger partial charge in [0, 0.05) is 25.1 Å². The number of aryl methyl sites for hydroxylation is 1. The lowest BCUT2D eigenvalue weighted by Gasteiger charge is -2.34. The molecule has 102 valence electrons. The number of likely N-dealkylation sites (tertiary alicyclic amines) is 1. The lowest BCUT2D eigenvalue weighted by atomic mass is 9.92. The van der Waals surface area contributed by atoms with E-state index in [0.717, 1.165) is 12.8 Å². The van der Waals surface area contributed by atoms with E-state index in [1.807, 2.05) is 4.90 Å². The summed E-state index contributed by atoms with van der Waals surface area (Å²) in [6.45, 7) is 2.30. The van der Waals surface area contributed by atoms with Gasteiger partial charge in [-0.2, -0.15) is 0 Å². The first-order valence-electron chi connectivity index (χ1n) is 6.67. The van der Waals surface area contributed by atoms with Crippen LogP contribution in [0.1, 0.15) is 31.4 Å². The molecule has 19 heavy (non-hydrogen) atoms. The van der Waals surface area contributed by atoms with Crippen LogP contribution in [0, 0.1) is 12.8 Å². The van der Waals surface area contributed by atoms with Gasteiger partial charge in [-0.1, -0.05) is 5.16 Å². The second-order valence-corrected chi connectivity index (χ2v) is 5.34. The Hall–Kier alpha value is -1.85. The minimum atomic E-state index is -0.273. The highest BCUT2D eigenvalue weighted by atomic mass is 16.5. The summed E-state index contributed by atoms with van der Waals surface area (Å²) in [6, 6.07) is 2.03. The third kappa shape index (κ3) is 2.34. The van der Waals surface area contributed by atoms with Crippen molar-refractivity contribution in [2.45, 2.75) is 38.6 Å². The second-order valence-electron chi connectivity index (χ2n) is 5.34. The molecule has 1 unspecified atom stereocenters. The maximum atomic E-state index is 12.1. The molecule has 0 bridgehead atoms. The number of nitrogens with zero attached hydrogens (tertiary/aromatic N) is 2. The normalized spacial score (nSPS) is 23.5. The van der Waals surface area contributed by atoms with E-state index in [-0.39, 0.29) is 17.7 Å². The molecule has 2 fully saturated rings. The molecule has 1 aromatic heterocycles. The predicted octanol–water partition coefficient (Wildman–Crippen LogP) is 1.32. The minimum Gasteiger partial charge on any atom is -0.360 e. The van der Waals surface area contributed by atoms with Gasteiger partial charge >= 0.3 is 0 Å². The molecule has 1 N–H and O–H groups in total. The first-order valence-corrected chi connectivity index (χ1v) is 6.67. The maximum Gasteiger partial charge on any atom is 0.231 e. The quantitative estimate of drug-likeness (QED) is 0.892. The molecule has 1 aliphatic carbocycles. The Labute approximate surface area is 111 Å². The number of amides is 2. The Morgan fingerprint density at radius 2 is 2.32 bits per heavy atom. The van der Waals surface area contributed by atoms with Crippen LogP contribution in [-0.4, -0.2) is 34.5 Å². The number of nitrogens with one attached hydrogen (secondary N) is 1. The molecule has 0 aromatic carbocycles. The van der Waals surface area contributed by atoms with Gasteiger partial charge in [0.15, 0.2) is 5.82 Å². The third-order valence-corrected chi connectivity index (χ3v) is 3.92. The molecular weight excluding hydrogens is 246 g/mol. The van der Waals surface area contributed by atoms with Gasteiger partial charge in [-0.15, -0.1) is 0 Å². The fourth-order valence-electron chi connectivity index (χ4n) is 2.61. The molecule has 6 heteroatoms. The van der Waals surface area contributed by atoms with Crippen molar-refractivity contribution in [2.75, 3.05) is 11.9 Å². The van der Waals surface area contributed by atoms with Gasteiger partial charge in [0.2, 0.25) is 11.8 Å². The number of aromatic nitrogens is 1. The van der Waals surface area contributed by atoms with Gasteiger partial charge in [-0.05, 0) is 26.2 Å². The van der Waals surface area contributed by atoms with Gasteiger partial charge in [-0.3, -0.25) is 9.59 Å². The summed E-state index contributed by atoms with van der Waals surface area (Å²) in [6.07, 6.45) is 3.63. The van der Waals surface area contributed by atoms with Crippen molar-refractivity contribution in [3.05, 3.63) is 11.8 Å². The summed E-state index contributed by atoms with van der Waals surface area (Å²) >= 11 is 0. The van der Waals surface area contributed by atoms with E-state index in [9.17, 15) is 9.59 Å². The molecule has 0 radical (unpaired) electrons. The van der Waals surface area contributed by atoms with Crippen LogP contribution in [0.4, 0.5) is 5.82 Å². The van der Waals surface area contributed by atoms with Crippen molar-refractivity contribution < 1.29 is 14.1 Å². The fraction of sp³-hybridized carbons (Fsp3) is 0.615. The summed E-state index contributed by atoms with van der Waals surface area (Å²) in [4.78, 5) is 25.8. The number of carbonyl (C=O) groups excluding carboxylic acids is 2. The summed E-state index contributed by atoms with van der Waals surface area (Å²) in [5.74, 6) is 0.737. The topological polar surface area (TPSA) is 75.4 Å². The lowest BCUT2D eigenvalue weighted by molar-refractivity contribution is -0.131. The van der Waals surface area contributed by atoms with Crippen molar-refractivity contribution in [1.29, 1.82) is 0 Å². The average Bonchev–Trinajstić information content (AvgIpc) is 2.85. The van der Waals surface area contributed by atoms with E-state index < -0.39 is 0 Å². The fourth-order valence-corrected chi connectivity index (χ4v) is 2.61. The molecule has 1 saturated heterocycles. The van der Waals surface area contributed by atoms with Crippen LogP contribution in [0.3, 0.4) is 0 Å². The van der Waals surface area contributed by atoms with E-state index in [2.05, 4.69) is 10.5 Å². The monoisotopic (exact) mass is 263 g/mol. The summed E-state index contributed by atoms with van der Waals surface area (Å²) in [7, 11) is 0. The van der Waals surface area contributed by atoms with E-state index in [0.29, 0.717) is 30.6 Å². The second kappa shape index (κ2) is 4.68. The highest BCUT2D eigenvalue weighted by molar-refractivity contribution is 5.96. The van der Waals surface area contributed by atoms with Crippen LogP contribution in [-0.2, 0) is 9.59 Å². The van der Waals surface area contributed by atoms with E-state index in [4.69, 9.17) is 4.52 Å². The van der Waals surface area contributed by atoms with E-state index in [1.54, 1.807) is 13.0 Å². The Kier molecular flexibility index (Phi) is 3.00. The van der Waals surface area contributed by atoms with Crippen LogP contribution < -0.4 is 5.32 Å². The van der Waals surface area contributed by atoms with Crippen LogP contribution in [0.25, 0.3) is 0 Å². The number of hydrogen-bond donors (Lipinski definition) is 1. The number of anilines is 1. The zero-order valence-electron chi connectivity index (χ0n) is 10.9. The largest absolute Gasteiger partial charge is 0.360 e. The highest BCUT2D eigenvalue weighted by Gasteiger charge is 2.39. The molecule has 1 aromatic rings. The van der Waals surface area contributed by atoms with Gasteiger partial charge in [0.25, 0.3) is 0 Å². The Morgan fingerprint density at radius 1 is 1.53 bits per heavy atom. The Balaban J connectivity index is 1.60. The van der Waals surface area contributed by atoms with Crippen LogP contribution in [0.2, 0.25) is 0 Å². The SMILES string of the molecule is Cc1cc(NC(=O)C2CC(=O)N(C3CCC3)C2)no1. The molecule has 2 heterocycles. The lowest BCUT2D eigenvalue weighted by Crippen LogP contribution is -2.41. The molecule has 0 spiro atoms. The molecule has 2 amide bonds. The Morgan fingerprint density at radius 3 is 2.89 bits per heavy atom. The molecule has 1 aliphatic heterocycles. The van der Waals surface area contributed by atoms with E-state index >= 15 is 0 Å². The average molecular weight is 263 g/mol. The standard InChI is InChI=1S/C13H17N3O3/c1-8-5-11(15-19-8)14-13(18)9-6-12(17)16(7-9)10-3-2-4-10/h5,9-10H,2-4,6-7H2,1H3,(H,14,15,18). The number of hydrogen-bond acceptors (Lipinski definition) is 4. The first kappa shape index (κ1) is 12.2. The molecule has 6 nitrogen and oxygen atoms in total. The Bertz CT molecular complexity index is 507. The van der Waals surface area contributed by atoms with Crippen LogP contribution in [0.15, 0.2) is 10.6 Å². The highest BCUT2D eigenvalue weighted by Crippen LogP contribution is 2.31. The van der Waals surface area contributed by atoms with Gasteiger partial charge in [-0.25, -0.2) is 0 Å². The third-order valence-electron chi connectivity index (χ3n) is 3.92. The van der Waals surface area contributed by atoms with Gasteiger partial charge in [0.05, 0.1) is 5.92 Å². The van der Waals surface area contributed by atoms with Gasteiger partial charge < -0.3 is 14.7 Å². The van der Waals surface area contributed by atoms with Crippen molar-refractivity contribution in [1.82, 2.24) is 10.1 Å². The molecule has 1 atom stereocenters. The summed E-state index contributed by atoms with van der Waals surface area (Å²) in [5, 5.41) is 6.42. The zero-order chi connectivity index (χ0) is 13.4. The van der Waals surface area contributed by atoms with Crippen molar-refractivity contribution in [2.24, 2.45) is 5.92 Å². The number of rotatable bonds is 3. The zero-order valence-corrected chi connectivity index (χ0v) is 10.9. The minimum absolute atomic E-state index is 0.0983. The molecule has 3 rings (SSSR count). The van der Waals surface area contributed by atoms with Crippen LogP contribution in [0.5, 0.6) is 0 Å². The number of carbonyl (C=O) groups is 2.